The molecular formula is C9H9Cl3N4O. The minimum absolute atomic E-state index is 0.226. The first kappa shape index (κ1) is 13.9. The van der Waals surface area contributed by atoms with E-state index in [0.29, 0.717) is 5.02 Å². The molecule has 0 saturated carbocycles. The van der Waals surface area contributed by atoms with Crippen molar-refractivity contribution in [1.82, 2.24) is 0 Å². The van der Waals surface area contributed by atoms with Crippen molar-refractivity contribution in [1.29, 1.82) is 0 Å². The summed E-state index contributed by atoms with van der Waals surface area (Å²) >= 11 is 17.6. The molecule has 1 aromatic carbocycles. The molecule has 0 spiro atoms. The first-order valence-electron chi connectivity index (χ1n) is 4.34. The highest BCUT2D eigenvalue weighted by molar-refractivity contribution is 6.42. The number of nitrogens with zero attached hydrogens (tertiary/aromatic N) is 2. The summed E-state index contributed by atoms with van der Waals surface area (Å²) in [5, 5.41) is 0.819. The van der Waals surface area contributed by atoms with Crippen LogP contribution in [0.25, 0.3) is 0 Å². The van der Waals surface area contributed by atoms with Gasteiger partial charge in [0.15, 0.2) is 5.96 Å². The van der Waals surface area contributed by atoms with Crippen molar-refractivity contribution in [3.05, 3.63) is 27.2 Å². The highest BCUT2D eigenvalue weighted by atomic mass is 35.5. The zero-order valence-electron chi connectivity index (χ0n) is 8.75. The van der Waals surface area contributed by atoms with Gasteiger partial charge in [0, 0.05) is 12.1 Å². The number of amides is 2. The van der Waals surface area contributed by atoms with Gasteiger partial charge in [0.1, 0.15) is 0 Å². The van der Waals surface area contributed by atoms with Crippen molar-refractivity contribution < 1.29 is 4.79 Å². The fourth-order valence-electron chi connectivity index (χ4n) is 1.14. The van der Waals surface area contributed by atoms with Gasteiger partial charge < -0.3 is 11.5 Å². The second kappa shape index (κ2) is 5.44. The molecule has 0 heterocycles. The minimum atomic E-state index is -0.684. The molecule has 0 unspecified atom stereocenters. The van der Waals surface area contributed by atoms with Crippen molar-refractivity contribution >= 4 is 52.5 Å². The lowest BCUT2D eigenvalue weighted by Crippen LogP contribution is -2.30. The van der Waals surface area contributed by atoms with E-state index in [1.807, 2.05) is 0 Å². The molecule has 1 aromatic rings. The Labute approximate surface area is 113 Å². The van der Waals surface area contributed by atoms with Crippen molar-refractivity contribution in [2.24, 2.45) is 16.5 Å². The molecule has 5 nitrogen and oxygen atoms in total. The molecule has 0 fully saturated rings. The van der Waals surface area contributed by atoms with Gasteiger partial charge in [-0.25, -0.2) is 4.79 Å². The van der Waals surface area contributed by atoms with Crippen LogP contribution in [0.5, 0.6) is 0 Å². The Morgan fingerprint density at radius 1 is 1.24 bits per heavy atom. The molecule has 0 bridgehead atoms. The monoisotopic (exact) mass is 294 g/mol. The van der Waals surface area contributed by atoms with E-state index < -0.39 is 6.03 Å². The van der Waals surface area contributed by atoms with Crippen molar-refractivity contribution in [2.75, 3.05) is 11.9 Å². The maximum Gasteiger partial charge on any atom is 0.351 e. The molecule has 17 heavy (non-hydrogen) atoms. The molecule has 0 radical (unpaired) electrons. The maximum absolute atomic E-state index is 11.6. The molecule has 0 aliphatic rings. The van der Waals surface area contributed by atoms with Gasteiger partial charge in [-0.2, -0.15) is 4.99 Å². The van der Waals surface area contributed by atoms with Crippen molar-refractivity contribution in [3.63, 3.8) is 0 Å². The SMILES string of the molecule is CN(C(=O)N=C(N)N)c1c(Cl)cc(Cl)cc1Cl. The fraction of sp³-hybridized carbons (Fsp3) is 0.111. The van der Waals surface area contributed by atoms with E-state index in [0.717, 1.165) is 4.90 Å². The largest absolute Gasteiger partial charge is 0.370 e. The van der Waals surface area contributed by atoms with Crippen LogP contribution in [-0.2, 0) is 0 Å². The number of hydrogen-bond acceptors (Lipinski definition) is 1. The smallest absolute Gasteiger partial charge is 0.351 e. The van der Waals surface area contributed by atoms with Gasteiger partial charge in [-0.3, -0.25) is 4.90 Å². The molecule has 8 heteroatoms. The van der Waals surface area contributed by atoms with Gasteiger partial charge in [0.05, 0.1) is 15.7 Å². The molecule has 0 aliphatic carbocycles. The Morgan fingerprint density at radius 2 is 1.71 bits per heavy atom. The summed E-state index contributed by atoms with van der Waals surface area (Å²) in [6.07, 6.45) is 0. The maximum atomic E-state index is 11.6. The van der Waals surface area contributed by atoms with Crippen LogP contribution in [0.4, 0.5) is 10.5 Å². The fourth-order valence-corrected chi connectivity index (χ4v) is 2.21. The highest BCUT2D eigenvalue weighted by Crippen LogP contribution is 2.36. The van der Waals surface area contributed by atoms with Crippen molar-refractivity contribution in [2.45, 2.75) is 0 Å². The number of carbonyl (C=O) groups is 1. The Bertz CT molecular complexity index is 462. The van der Waals surface area contributed by atoms with E-state index in [-0.39, 0.29) is 21.7 Å². The first-order valence-corrected chi connectivity index (χ1v) is 5.48. The third kappa shape index (κ3) is 3.39. The molecule has 92 valence electrons. The Kier molecular flexibility index (Phi) is 4.45. The molecule has 0 aromatic heterocycles. The summed E-state index contributed by atoms with van der Waals surface area (Å²) in [5.41, 5.74) is 10.5. The van der Waals surface area contributed by atoms with Crippen LogP contribution in [-0.4, -0.2) is 19.0 Å². The third-order valence-corrected chi connectivity index (χ3v) is 2.62. The number of rotatable bonds is 1. The number of guanidine groups is 1. The summed E-state index contributed by atoms with van der Waals surface area (Å²) in [6.45, 7) is 0. The second-order valence-corrected chi connectivity index (χ2v) is 4.35. The number of hydrogen-bond donors (Lipinski definition) is 2. The van der Waals surface area contributed by atoms with Crippen LogP contribution in [0.15, 0.2) is 17.1 Å². The van der Waals surface area contributed by atoms with E-state index in [2.05, 4.69) is 4.99 Å². The van der Waals surface area contributed by atoms with E-state index in [4.69, 9.17) is 46.3 Å². The molecule has 4 N–H and O–H groups in total. The number of benzene rings is 1. The van der Waals surface area contributed by atoms with Gasteiger partial charge in [0.25, 0.3) is 0 Å². The van der Waals surface area contributed by atoms with Gasteiger partial charge in [0.2, 0.25) is 0 Å². The predicted octanol–water partition coefficient (Wildman–Crippen LogP) is 2.48. The number of halogens is 3. The van der Waals surface area contributed by atoms with Crippen LogP contribution in [0, 0.1) is 0 Å². The summed E-state index contributed by atoms with van der Waals surface area (Å²) in [4.78, 5) is 16.1. The van der Waals surface area contributed by atoms with Crippen LogP contribution in [0.3, 0.4) is 0 Å². The van der Waals surface area contributed by atoms with E-state index in [1.54, 1.807) is 0 Å². The lowest BCUT2D eigenvalue weighted by atomic mass is 10.3. The number of urea groups is 1. The summed E-state index contributed by atoms with van der Waals surface area (Å²) in [6, 6.07) is 2.24. The summed E-state index contributed by atoms with van der Waals surface area (Å²) in [7, 11) is 1.44. The minimum Gasteiger partial charge on any atom is -0.370 e. The molecule has 0 aliphatic heterocycles. The first-order chi connectivity index (χ1) is 7.82. The zero-order chi connectivity index (χ0) is 13.2. The lowest BCUT2D eigenvalue weighted by molar-refractivity contribution is 0.255. The molecular weight excluding hydrogens is 286 g/mol. The quantitative estimate of drug-likeness (QED) is 0.616. The number of aliphatic imine (C=N–C) groups is 1. The van der Waals surface area contributed by atoms with Gasteiger partial charge in [-0.05, 0) is 12.1 Å². The van der Waals surface area contributed by atoms with Gasteiger partial charge in [-0.15, -0.1) is 0 Å². The van der Waals surface area contributed by atoms with Gasteiger partial charge >= 0.3 is 6.03 Å². The molecule has 1 rings (SSSR count). The molecule has 0 atom stereocenters. The average Bonchev–Trinajstić information content (AvgIpc) is 2.14. The van der Waals surface area contributed by atoms with Crippen LogP contribution in [0.1, 0.15) is 0 Å². The normalized spacial score (nSPS) is 9.88. The summed E-state index contributed by atoms with van der Waals surface area (Å²) < 4.78 is 0. The standard InChI is InChI=1S/C9H9Cl3N4O/c1-16(9(17)15-8(13)14)7-5(11)2-4(10)3-6(7)12/h2-3H,1H3,(H4,13,14,15,17). The van der Waals surface area contributed by atoms with Crippen LogP contribution < -0.4 is 16.4 Å². The van der Waals surface area contributed by atoms with E-state index in [1.165, 1.54) is 19.2 Å². The zero-order valence-corrected chi connectivity index (χ0v) is 11.0. The molecule has 0 saturated heterocycles. The third-order valence-electron chi connectivity index (χ3n) is 1.83. The molecule has 2 amide bonds. The second-order valence-electron chi connectivity index (χ2n) is 3.10. The van der Waals surface area contributed by atoms with E-state index >= 15 is 0 Å². The lowest BCUT2D eigenvalue weighted by Gasteiger charge is -2.17. The van der Waals surface area contributed by atoms with E-state index in [9.17, 15) is 4.79 Å². The number of anilines is 1. The Hall–Kier alpha value is -1.17. The van der Waals surface area contributed by atoms with Crippen molar-refractivity contribution in [3.8, 4) is 0 Å². The topological polar surface area (TPSA) is 84.7 Å². The van der Waals surface area contributed by atoms with Gasteiger partial charge in [-0.1, -0.05) is 34.8 Å². The predicted molar refractivity (Wildman–Crippen MR) is 71.1 cm³/mol. The number of nitrogens with two attached hydrogens (primary N) is 2. The number of carbonyl (C=O) groups excluding carboxylic acids is 1. The highest BCUT2D eigenvalue weighted by Gasteiger charge is 2.17. The van der Waals surface area contributed by atoms with Crippen LogP contribution in [0.2, 0.25) is 15.1 Å². The Balaban J connectivity index is 3.17. The Morgan fingerprint density at radius 3 is 2.12 bits per heavy atom. The average molecular weight is 296 g/mol. The van der Waals surface area contributed by atoms with Crippen LogP contribution >= 0.6 is 34.8 Å². The summed E-state index contributed by atoms with van der Waals surface area (Å²) in [5.74, 6) is -0.344.